The zero-order valence-corrected chi connectivity index (χ0v) is 16.9. The van der Waals surface area contributed by atoms with E-state index in [-0.39, 0.29) is 12.5 Å². The Hall–Kier alpha value is -2.26. The minimum atomic E-state index is 0.0168. The quantitative estimate of drug-likeness (QED) is 0.717. The maximum atomic E-state index is 12.6. The van der Waals surface area contributed by atoms with Crippen molar-refractivity contribution < 1.29 is 9.53 Å². The van der Waals surface area contributed by atoms with E-state index < -0.39 is 0 Å². The largest absolute Gasteiger partial charge is 0.479 e. The van der Waals surface area contributed by atoms with Gasteiger partial charge in [-0.2, -0.15) is 5.26 Å². The lowest BCUT2D eigenvalue weighted by Gasteiger charge is -2.35. The molecule has 5 nitrogen and oxygen atoms in total. The zero-order chi connectivity index (χ0) is 19.9. The van der Waals surface area contributed by atoms with E-state index in [4.69, 9.17) is 33.2 Å². The topological polar surface area (TPSA) is 56.6 Å². The molecule has 1 saturated heterocycles. The van der Waals surface area contributed by atoms with Crippen LogP contribution in [-0.4, -0.2) is 48.5 Å². The number of amides is 1. The number of carbonyl (C=O) groups is 1. The number of piperazine rings is 1. The van der Waals surface area contributed by atoms with Gasteiger partial charge in [-0.15, -0.1) is 0 Å². The third-order valence-electron chi connectivity index (χ3n) is 4.73. The summed E-state index contributed by atoms with van der Waals surface area (Å²) in [5.74, 6) is 0.747. The van der Waals surface area contributed by atoms with E-state index >= 15 is 0 Å². The van der Waals surface area contributed by atoms with Crippen molar-refractivity contribution in [3.63, 3.8) is 0 Å². The van der Waals surface area contributed by atoms with E-state index in [2.05, 4.69) is 4.90 Å². The number of nitriles is 1. The molecule has 1 aliphatic rings. The van der Waals surface area contributed by atoms with Gasteiger partial charge >= 0.3 is 0 Å². The van der Waals surface area contributed by atoms with Crippen LogP contribution >= 0.6 is 23.2 Å². The molecule has 28 heavy (non-hydrogen) atoms. The number of benzene rings is 2. The van der Waals surface area contributed by atoms with E-state index in [1.165, 1.54) is 0 Å². The predicted molar refractivity (Wildman–Crippen MR) is 110 cm³/mol. The second-order valence-corrected chi connectivity index (χ2v) is 7.42. The number of carbonyl (C=O) groups excluding carboxylic acids is 1. The molecule has 1 amide bonds. The van der Waals surface area contributed by atoms with E-state index in [0.717, 1.165) is 30.8 Å². The van der Waals surface area contributed by atoms with E-state index in [1.54, 1.807) is 18.2 Å². The molecule has 0 unspecified atom stereocenters. The molecule has 1 fully saturated rings. The highest BCUT2D eigenvalue weighted by molar-refractivity contribution is 6.42. The molecule has 2 aromatic rings. The van der Waals surface area contributed by atoms with Crippen molar-refractivity contribution in [2.75, 3.05) is 32.8 Å². The van der Waals surface area contributed by atoms with Gasteiger partial charge in [0, 0.05) is 32.7 Å². The Labute approximate surface area is 175 Å². The molecular formula is C21H21Cl2N3O2. The van der Waals surface area contributed by atoms with Crippen LogP contribution in [0.25, 0.3) is 0 Å². The van der Waals surface area contributed by atoms with E-state index in [9.17, 15) is 4.79 Å². The van der Waals surface area contributed by atoms with Crippen LogP contribution in [0.1, 0.15) is 11.1 Å². The van der Waals surface area contributed by atoms with Gasteiger partial charge in [-0.25, -0.2) is 0 Å². The lowest BCUT2D eigenvalue weighted by molar-refractivity contribution is -0.132. The molecule has 1 heterocycles. The summed E-state index contributed by atoms with van der Waals surface area (Å²) < 4.78 is 5.23. The van der Waals surface area contributed by atoms with Gasteiger partial charge in [-0.05, 0) is 29.3 Å². The molecule has 2 aromatic carbocycles. The van der Waals surface area contributed by atoms with Gasteiger partial charge in [0.15, 0.2) is 6.61 Å². The van der Waals surface area contributed by atoms with E-state index in [1.807, 2.05) is 35.2 Å². The smallest absolute Gasteiger partial charge is 0.227 e. The van der Waals surface area contributed by atoms with Gasteiger partial charge < -0.3 is 9.64 Å². The van der Waals surface area contributed by atoms with Crippen LogP contribution in [-0.2, 0) is 17.8 Å². The number of rotatable bonds is 6. The summed E-state index contributed by atoms with van der Waals surface area (Å²) in [5, 5.41) is 9.70. The van der Waals surface area contributed by atoms with Gasteiger partial charge in [0.1, 0.15) is 11.8 Å². The molecule has 0 saturated carbocycles. The number of ether oxygens (including phenoxy) is 1. The Bertz CT molecular complexity index is 857. The van der Waals surface area contributed by atoms with Crippen LogP contribution < -0.4 is 4.74 Å². The highest BCUT2D eigenvalue weighted by atomic mass is 35.5. The number of hydrogen-bond donors (Lipinski definition) is 0. The summed E-state index contributed by atoms with van der Waals surface area (Å²) >= 11 is 12.4. The van der Waals surface area contributed by atoms with Gasteiger partial charge in [0.2, 0.25) is 5.91 Å². The van der Waals surface area contributed by atoms with Crippen molar-refractivity contribution in [1.29, 1.82) is 5.26 Å². The average molecular weight is 418 g/mol. The molecule has 0 radical (unpaired) electrons. The average Bonchev–Trinajstić information content (AvgIpc) is 2.71. The molecule has 0 spiro atoms. The molecule has 0 bridgehead atoms. The third kappa shape index (κ3) is 5.39. The maximum absolute atomic E-state index is 12.6. The highest BCUT2D eigenvalue weighted by Gasteiger charge is 2.22. The highest BCUT2D eigenvalue weighted by Crippen LogP contribution is 2.26. The fraction of sp³-hybridized carbons (Fsp3) is 0.333. The van der Waals surface area contributed by atoms with Crippen molar-refractivity contribution in [2.24, 2.45) is 0 Å². The van der Waals surface area contributed by atoms with Crippen molar-refractivity contribution >= 4 is 29.1 Å². The van der Waals surface area contributed by atoms with Gasteiger partial charge in [0.25, 0.3) is 0 Å². The number of halogens is 2. The number of nitrogens with zero attached hydrogens (tertiary/aromatic N) is 3. The standard InChI is InChI=1S/C21H21Cl2N3O2/c22-19-3-1-2-17(21(19)23)15-25-9-11-26(12-10-25)20(27)14-16-4-6-18(7-5-16)28-13-8-24/h1-7H,9-15H2. The molecule has 7 heteroatoms. The maximum Gasteiger partial charge on any atom is 0.227 e. The molecule has 0 aliphatic carbocycles. The van der Waals surface area contributed by atoms with Gasteiger partial charge in [0.05, 0.1) is 16.5 Å². The fourth-order valence-corrected chi connectivity index (χ4v) is 3.55. The second kappa shape index (κ2) is 9.79. The number of hydrogen-bond acceptors (Lipinski definition) is 4. The fourth-order valence-electron chi connectivity index (χ4n) is 3.17. The summed E-state index contributed by atoms with van der Waals surface area (Å²) in [6.45, 7) is 3.74. The first kappa shape index (κ1) is 20.5. The zero-order valence-electron chi connectivity index (χ0n) is 15.4. The lowest BCUT2D eigenvalue weighted by atomic mass is 10.1. The Morgan fingerprint density at radius 1 is 1.07 bits per heavy atom. The first-order chi connectivity index (χ1) is 13.6. The Morgan fingerprint density at radius 2 is 1.79 bits per heavy atom. The summed E-state index contributed by atoms with van der Waals surface area (Å²) in [6.07, 6.45) is 0.360. The lowest BCUT2D eigenvalue weighted by Crippen LogP contribution is -2.48. The van der Waals surface area contributed by atoms with Gasteiger partial charge in [-0.1, -0.05) is 47.5 Å². The SMILES string of the molecule is N#CCOc1ccc(CC(=O)N2CCN(Cc3cccc(Cl)c3Cl)CC2)cc1. The van der Waals surface area contributed by atoms with Crippen molar-refractivity contribution in [3.8, 4) is 11.8 Å². The molecule has 146 valence electrons. The molecule has 0 atom stereocenters. The minimum absolute atomic E-state index is 0.0168. The van der Waals surface area contributed by atoms with Crippen LogP contribution in [0.2, 0.25) is 10.0 Å². The monoisotopic (exact) mass is 417 g/mol. The molecular weight excluding hydrogens is 397 g/mol. The first-order valence-electron chi connectivity index (χ1n) is 9.08. The summed E-state index contributed by atoms with van der Waals surface area (Å²) in [4.78, 5) is 16.8. The normalized spacial score (nSPS) is 14.5. The van der Waals surface area contributed by atoms with Crippen molar-refractivity contribution in [3.05, 3.63) is 63.6 Å². The Kier molecular flexibility index (Phi) is 7.16. The summed E-state index contributed by atoms with van der Waals surface area (Å²) in [5.41, 5.74) is 1.94. The Morgan fingerprint density at radius 3 is 2.46 bits per heavy atom. The van der Waals surface area contributed by atoms with Crippen LogP contribution in [0.3, 0.4) is 0 Å². The predicted octanol–water partition coefficient (Wildman–Crippen LogP) is 3.78. The summed E-state index contributed by atoms with van der Waals surface area (Å²) in [7, 11) is 0. The Balaban J connectivity index is 1.48. The van der Waals surface area contributed by atoms with Crippen LogP contribution in [0.4, 0.5) is 0 Å². The van der Waals surface area contributed by atoms with Crippen LogP contribution in [0, 0.1) is 11.3 Å². The van der Waals surface area contributed by atoms with Crippen LogP contribution in [0.15, 0.2) is 42.5 Å². The molecule has 0 N–H and O–H groups in total. The van der Waals surface area contributed by atoms with Crippen molar-refractivity contribution in [2.45, 2.75) is 13.0 Å². The minimum Gasteiger partial charge on any atom is -0.479 e. The van der Waals surface area contributed by atoms with Crippen molar-refractivity contribution in [1.82, 2.24) is 9.80 Å². The van der Waals surface area contributed by atoms with Gasteiger partial charge in [-0.3, -0.25) is 9.69 Å². The molecule has 3 rings (SSSR count). The second-order valence-electron chi connectivity index (χ2n) is 6.64. The van der Waals surface area contributed by atoms with Crippen LogP contribution in [0.5, 0.6) is 5.75 Å². The third-order valence-corrected chi connectivity index (χ3v) is 5.59. The molecule has 1 aliphatic heterocycles. The van der Waals surface area contributed by atoms with E-state index in [0.29, 0.717) is 35.3 Å². The first-order valence-corrected chi connectivity index (χ1v) is 9.84. The summed E-state index contributed by atoms with van der Waals surface area (Å²) in [6, 6.07) is 14.9. The molecule has 0 aromatic heterocycles.